The van der Waals surface area contributed by atoms with Gasteiger partial charge in [0.25, 0.3) is 0 Å². The smallest absolute Gasteiger partial charge is 0.341 e. The molecule has 38 heavy (non-hydrogen) atoms. The number of hydrogen-bond donors (Lipinski definition) is 0. The van der Waals surface area contributed by atoms with Crippen LogP contribution in [0.3, 0.4) is 0 Å². The van der Waals surface area contributed by atoms with Gasteiger partial charge in [0.1, 0.15) is 11.9 Å². The molecule has 0 N–H and O–H groups in total. The van der Waals surface area contributed by atoms with Gasteiger partial charge in [0, 0.05) is 10.9 Å². The molecule has 3 saturated carbocycles. The second-order valence-corrected chi connectivity index (χ2v) is 12.1. The highest BCUT2D eigenvalue weighted by Gasteiger charge is 2.57. The van der Waals surface area contributed by atoms with E-state index in [0.29, 0.717) is 23.5 Å². The molecule has 5 heteroatoms. The molecule has 3 bridgehead atoms. The molecule has 0 spiro atoms. The number of rotatable bonds is 5. The number of hydrogen-bond acceptors (Lipinski definition) is 5. The monoisotopic (exact) mass is 512 g/mol. The third kappa shape index (κ3) is 3.77. The number of methoxy groups -OCH3 is 1. The summed E-state index contributed by atoms with van der Waals surface area (Å²) < 4.78 is 25.7. The fraction of sp³-hybridized carbons (Fsp3) is 0.485. The zero-order valence-corrected chi connectivity index (χ0v) is 22.2. The molecule has 3 aromatic rings. The van der Waals surface area contributed by atoms with Gasteiger partial charge in [-0.15, -0.1) is 0 Å². The number of carbonyl (C=O) groups excluding carboxylic acids is 1. The lowest BCUT2D eigenvalue weighted by atomic mass is 9.56. The van der Waals surface area contributed by atoms with E-state index in [9.17, 15) is 4.79 Å². The maximum atomic E-state index is 13.9. The molecular weight excluding hydrogens is 476 g/mol. The molecule has 7 unspecified atom stereocenters. The van der Waals surface area contributed by atoms with Gasteiger partial charge >= 0.3 is 5.97 Å². The minimum atomic E-state index is -1.30. The summed E-state index contributed by atoms with van der Waals surface area (Å²) in [7, 11) is 1.67. The van der Waals surface area contributed by atoms with Crippen molar-refractivity contribution in [1.82, 2.24) is 0 Å². The second-order valence-electron chi connectivity index (χ2n) is 12.1. The largest absolute Gasteiger partial charge is 0.496 e. The quantitative estimate of drug-likeness (QED) is 0.360. The first-order chi connectivity index (χ1) is 18.5. The van der Waals surface area contributed by atoms with Gasteiger partial charge in [-0.2, -0.15) is 0 Å². The zero-order valence-electron chi connectivity index (χ0n) is 22.2. The molecular formula is C33H36O5. The van der Waals surface area contributed by atoms with Crippen molar-refractivity contribution in [3.05, 3.63) is 77.9 Å². The topological polar surface area (TPSA) is 54.0 Å². The van der Waals surface area contributed by atoms with Gasteiger partial charge < -0.3 is 18.9 Å². The Kier molecular flexibility index (Phi) is 5.79. The van der Waals surface area contributed by atoms with Gasteiger partial charge in [-0.3, -0.25) is 0 Å². The molecule has 0 radical (unpaired) electrons. The molecule has 4 aliphatic rings. The molecule has 3 aliphatic carbocycles. The van der Waals surface area contributed by atoms with E-state index in [4.69, 9.17) is 18.9 Å². The first-order valence-corrected chi connectivity index (χ1v) is 14.2. The Morgan fingerprint density at radius 1 is 0.895 bits per heavy atom. The predicted octanol–water partition coefficient (Wildman–Crippen LogP) is 6.61. The van der Waals surface area contributed by atoms with Crippen LogP contribution in [-0.4, -0.2) is 31.4 Å². The summed E-state index contributed by atoms with van der Waals surface area (Å²) in [6, 6.07) is 22.0. The third-order valence-electron chi connectivity index (χ3n) is 9.70. The maximum Gasteiger partial charge on any atom is 0.341 e. The lowest BCUT2D eigenvalue weighted by Crippen LogP contribution is -2.50. The summed E-state index contributed by atoms with van der Waals surface area (Å²) in [4.78, 5) is 13.9. The Labute approximate surface area is 224 Å². The van der Waals surface area contributed by atoms with Crippen LogP contribution >= 0.6 is 0 Å². The standard InChI is InChI=1S/C33H36O5/c1-32(31(34)37-29-19-22-16-21-12-14-26(29)24(17-21)18-22)20-36-33(38-32,25-9-4-3-5-10-25)28-15-13-23-8-6-7-11-27(23)30(28)35-2/h3-11,13,15,21-22,24,26,29H,12,14,16-20H2,1-2H3. The van der Waals surface area contributed by atoms with Crippen LogP contribution in [0.25, 0.3) is 10.8 Å². The molecule has 0 amide bonds. The first kappa shape index (κ1) is 24.2. The molecule has 1 heterocycles. The maximum absolute atomic E-state index is 13.9. The molecule has 7 atom stereocenters. The molecule has 198 valence electrons. The van der Waals surface area contributed by atoms with Crippen LogP contribution < -0.4 is 4.74 Å². The summed E-state index contributed by atoms with van der Waals surface area (Å²) in [5.74, 6) is 1.83. The summed E-state index contributed by atoms with van der Waals surface area (Å²) in [6.07, 6.45) is 7.35. The Bertz CT molecular complexity index is 1350. The Morgan fingerprint density at radius 3 is 2.53 bits per heavy atom. The van der Waals surface area contributed by atoms with Crippen molar-refractivity contribution in [2.75, 3.05) is 13.7 Å². The van der Waals surface area contributed by atoms with Crippen LogP contribution in [0.4, 0.5) is 0 Å². The van der Waals surface area contributed by atoms with E-state index in [1.54, 1.807) is 7.11 Å². The van der Waals surface area contributed by atoms with E-state index in [-0.39, 0.29) is 18.7 Å². The first-order valence-electron chi connectivity index (χ1n) is 14.2. The molecule has 4 fully saturated rings. The summed E-state index contributed by atoms with van der Waals surface area (Å²) in [6.45, 7) is 1.91. The van der Waals surface area contributed by atoms with Crippen LogP contribution in [0, 0.1) is 23.7 Å². The number of benzene rings is 3. The Balaban J connectivity index is 1.24. The molecule has 5 nitrogen and oxygen atoms in total. The highest BCUT2D eigenvalue weighted by atomic mass is 16.8. The van der Waals surface area contributed by atoms with Gasteiger partial charge in [0.05, 0.1) is 19.3 Å². The number of fused-ring (bicyclic) bond motifs is 3. The van der Waals surface area contributed by atoms with Gasteiger partial charge in [0.15, 0.2) is 5.60 Å². The normalized spacial score (nSPS) is 35.8. The van der Waals surface area contributed by atoms with Crippen LogP contribution in [-0.2, 0) is 24.8 Å². The van der Waals surface area contributed by atoms with Crippen LogP contribution in [0.2, 0.25) is 0 Å². The average molecular weight is 513 g/mol. The highest BCUT2D eigenvalue weighted by Crippen LogP contribution is 2.54. The molecule has 1 saturated heterocycles. The van der Waals surface area contributed by atoms with E-state index >= 15 is 0 Å². The number of carbonyl (C=O) groups is 1. The second kappa shape index (κ2) is 9.10. The van der Waals surface area contributed by atoms with E-state index < -0.39 is 11.4 Å². The number of ether oxygens (including phenoxy) is 4. The van der Waals surface area contributed by atoms with Crippen molar-refractivity contribution in [2.45, 2.75) is 62.9 Å². The predicted molar refractivity (Wildman–Crippen MR) is 145 cm³/mol. The molecule has 3 aromatic carbocycles. The summed E-state index contributed by atoms with van der Waals surface area (Å²) >= 11 is 0. The van der Waals surface area contributed by atoms with E-state index in [0.717, 1.165) is 34.2 Å². The van der Waals surface area contributed by atoms with Gasteiger partial charge in [-0.05, 0) is 74.2 Å². The molecule has 7 rings (SSSR count). The van der Waals surface area contributed by atoms with E-state index in [1.165, 1.54) is 32.1 Å². The van der Waals surface area contributed by atoms with Crippen LogP contribution in [0.15, 0.2) is 66.7 Å². The summed E-state index contributed by atoms with van der Waals surface area (Å²) in [5, 5.41) is 2.03. The lowest BCUT2D eigenvalue weighted by Gasteiger charge is -2.51. The SMILES string of the molecule is COc1c(C2(c3ccccc3)OCC(C)(C(=O)OC3CC4CC5CCC3C(C5)C4)O2)ccc2ccccc12. The fourth-order valence-electron chi connectivity index (χ4n) is 7.97. The minimum Gasteiger partial charge on any atom is -0.496 e. The third-order valence-corrected chi connectivity index (χ3v) is 9.70. The van der Waals surface area contributed by atoms with Crippen molar-refractivity contribution in [3.8, 4) is 5.75 Å². The van der Waals surface area contributed by atoms with Crippen molar-refractivity contribution < 1.29 is 23.7 Å². The fourth-order valence-corrected chi connectivity index (χ4v) is 7.97. The van der Waals surface area contributed by atoms with Gasteiger partial charge in [-0.1, -0.05) is 67.1 Å². The zero-order chi connectivity index (χ0) is 25.9. The van der Waals surface area contributed by atoms with E-state index in [1.807, 2.05) is 61.5 Å². The Morgan fingerprint density at radius 2 is 1.68 bits per heavy atom. The Hall–Kier alpha value is -2.89. The lowest BCUT2D eigenvalue weighted by molar-refractivity contribution is -0.200. The van der Waals surface area contributed by atoms with Gasteiger partial charge in [-0.25, -0.2) is 4.79 Å². The van der Waals surface area contributed by atoms with Crippen molar-refractivity contribution in [3.63, 3.8) is 0 Å². The minimum absolute atomic E-state index is 0.0187. The van der Waals surface area contributed by atoms with Gasteiger partial charge in [0.2, 0.25) is 5.79 Å². The molecule has 0 aromatic heterocycles. The van der Waals surface area contributed by atoms with Crippen LogP contribution in [0.1, 0.15) is 56.6 Å². The van der Waals surface area contributed by atoms with Crippen molar-refractivity contribution in [1.29, 1.82) is 0 Å². The summed E-state index contributed by atoms with van der Waals surface area (Å²) in [5.41, 5.74) is 0.318. The highest BCUT2D eigenvalue weighted by molar-refractivity contribution is 5.90. The van der Waals surface area contributed by atoms with Crippen molar-refractivity contribution >= 4 is 16.7 Å². The number of esters is 1. The molecule has 1 aliphatic heterocycles. The van der Waals surface area contributed by atoms with Crippen LogP contribution in [0.5, 0.6) is 5.75 Å². The average Bonchev–Trinajstić information content (AvgIpc) is 3.31. The van der Waals surface area contributed by atoms with Crippen molar-refractivity contribution in [2.24, 2.45) is 23.7 Å². The van der Waals surface area contributed by atoms with E-state index in [2.05, 4.69) is 12.1 Å².